The zero-order chi connectivity index (χ0) is 15.1. The lowest BCUT2D eigenvalue weighted by Gasteiger charge is -2.07. The molecule has 0 saturated carbocycles. The number of H-pyrrole nitrogens is 1. The number of hydrogen-bond acceptors (Lipinski definition) is 5. The Labute approximate surface area is 125 Å². The topological polar surface area (TPSA) is 73.4 Å². The van der Waals surface area contributed by atoms with Crippen molar-refractivity contribution in [3.8, 4) is 28.5 Å². The molecule has 0 atom stereocenters. The molecular formula is C16H12N2O4. The Morgan fingerprint density at radius 2 is 1.95 bits per heavy atom. The van der Waals surface area contributed by atoms with Gasteiger partial charge in [0.1, 0.15) is 5.75 Å². The minimum Gasteiger partial charge on any atom is -0.497 e. The van der Waals surface area contributed by atoms with Gasteiger partial charge in [-0.1, -0.05) is 0 Å². The average Bonchev–Trinajstić information content (AvgIpc) is 3.02. The van der Waals surface area contributed by atoms with Gasteiger partial charge < -0.3 is 14.2 Å². The van der Waals surface area contributed by atoms with Crippen LogP contribution in [-0.2, 0) is 0 Å². The van der Waals surface area contributed by atoms with E-state index in [2.05, 4.69) is 10.2 Å². The maximum atomic E-state index is 12.0. The van der Waals surface area contributed by atoms with Gasteiger partial charge in [-0.05, 0) is 36.4 Å². The summed E-state index contributed by atoms with van der Waals surface area (Å²) in [7, 11) is 1.56. The fourth-order valence-electron chi connectivity index (χ4n) is 2.54. The van der Waals surface area contributed by atoms with E-state index < -0.39 is 0 Å². The van der Waals surface area contributed by atoms with Crippen LogP contribution in [0.25, 0.3) is 22.0 Å². The van der Waals surface area contributed by atoms with Gasteiger partial charge >= 0.3 is 0 Å². The Balaban J connectivity index is 1.95. The van der Waals surface area contributed by atoms with E-state index in [0.717, 1.165) is 10.9 Å². The van der Waals surface area contributed by atoms with E-state index in [9.17, 15) is 4.79 Å². The predicted octanol–water partition coefficient (Wildman–Crippen LogP) is 2.33. The van der Waals surface area contributed by atoms with E-state index in [0.29, 0.717) is 28.3 Å². The van der Waals surface area contributed by atoms with Crippen molar-refractivity contribution in [2.45, 2.75) is 0 Å². The highest BCUT2D eigenvalue weighted by atomic mass is 16.7. The molecule has 6 nitrogen and oxygen atoms in total. The van der Waals surface area contributed by atoms with Gasteiger partial charge in [0.25, 0.3) is 5.56 Å². The molecule has 0 amide bonds. The van der Waals surface area contributed by atoms with E-state index >= 15 is 0 Å². The Morgan fingerprint density at radius 1 is 1.09 bits per heavy atom. The Hall–Kier alpha value is -3.02. The maximum Gasteiger partial charge on any atom is 0.272 e. The molecule has 2 aromatic carbocycles. The van der Waals surface area contributed by atoms with Gasteiger partial charge in [-0.2, -0.15) is 5.10 Å². The third-order valence-electron chi connectivity index (χ3n) is 3.64. The number of benzene rings is 2. The number of hydrogen-bond donors (Lipinski definition) is 1. The first-order chi connectivity index (χ1) is 10.8. The summed E-state index contributed by atoms with van der Waals surface area (Å²) >= 11 is 0. The summed E-state index contributed by atoms with van der Waals surface area (Å²) < 4.78 is 15.9. The van der Waals surface area contributed by atoms with Crippen molar-refractivity contribution in [2.75, 3.05) is 13.9 Å². The summed E-state index contributed by atoms with van der Waals surface area (Å²) in [6.07, 6.45) is 0. The molecule has 0 radical (unpaired) electrons. The molecule has 2 heterocycles. The lowest BCUT2D eigenvalue weighted by Crippen LogP contribution is -2.09. The molecule has 0 bridgehead atoms. The van der Waals surface area contributed by atoms with Crippen LogP contribution < -0.4 is 19.8 Å². The zero-order valence-electron chi connectivity index (χ0n) is 11.8. The fourth-order valence-corrected chi connectivity index (χ4v) is 2.54. The zero-order valence-corrected chi connectivity index (χ0v) is 11.8. The maximum absolute atomic E-state index is 12.0. The van der Waals surface area contributed by atoms with Crippen molar-refractivity contribution in [1.29, 1.82) is 0 Å². The second-order valence-electron chi connectivity index (χ2n) is 4.88. The SMILES string of the molecule is COc1ccc2c(-c3ccc4c(c3)OCO4)n[nH]c(=O)c2c1. The second-order valence-corrected chi connectivity index (χ2v) is 4.88. The molecule has 22 heavy (non-hydrogen) atoms. The molecule has 1 aliphatic heterocycles. The first-order valence-electron chi connectivity index (χ1n) is 6.73. The smallest absolute Gasteiger partial charge is 0.272 e. The van der Waals surface area contributed by atoms with Crippen molar-refractivity contribution in [1.82, 2.24) is 10.2 Å². The molecule has 110 valence electrons. The minimum absolute atomic E-state index is 0.218. The van der Waals surface area contributed by atoms with Crippen molar-refractivity contribution in [2.24, 2.45) is 0 Å². The standard InChI is InChI=1S/C16H12N2O4/c1-20-10-3-4-11-12(7-10)16(19)18-17-15(11)9-2-5-13-14(6-9)22-8-21-13/h2-7H,8H2,1H3,(H,18,19). The number of methoxy groups -OCH3 is 1. The van der Waals surface area contributed by atoms with E-state index in [1.807, 2.05) is 24.3 Å². The summed E-state index contributed by atoms with van der Waals surface area (Å²) in [6, 6.07) is 10.9. The average molecular weight is 296 g/mol. The summed E-state index contributed by atoms with van der Waals surface area (Å²) in [4.78, 5) is 12.0. The molecule has 0 saturated heterocycles. The molecular weight excluding hydrogens is 284 g/mol. The monoisotopic (exact) mass is 296 g/mol. The van der Waals surface area contributed by atoms with Crippen LogP contribution in [0.5, 0.6) is 17.2 Å². The van der Waals surface area contributed by atoms with Gasteiger partial charge in [-0.15, -0.1) is 0 Å². The summed E-state index contributed by atoms with van der Waals surface area (Å²) in [6.45, 7) is 0.218. The van der Waals surface area contributed by atoms with E-state index in [4.69, 9.17) is 14.2 Å². The first kappa shape index (κ1) is 12.7. The van der Waals surface area contributed by atoms with Crippen molar-refractivity contribution in [3.63, 3.8) is 0 Å². The molecule has 0 aliphatic carbocycles. The Morgan fingerprint density at radius 3 is 2.82 bits per heavy atom. The van der Waals surface area contributed by atoms with Crippen LogP contribution in [0.4, 0.5) is 0 Å². The van der Waals surface area contributed by atoms with Gasteiger partial charge in [0.15, 0.2) is 11.5 Å². The van der Waals surface area contributed by atoms with Crippen molar-refractivity contribution in [3.05, 3.63) is 46.8 Å². The van der Waals surface area contributed by atoms with E-state index in [1.54, 1.807) is 19.2 Å². The fraction of sp³-hybridized carbons (Fsp3) is 0.125. The second kappa shape index (κ2) is 4.77. The summed E-state index contributed by atoms with van der Waals surface area (Å²) in [5.41, 5.74) is 1.27. The molecule has 4 rings (SSSR count). The number of ether oxygens (including phenoxy) is 3. The molecule has 1 N–H and O–H groups in total. The molecule has 6 heteroatoms. The van der Waals surface area contributed by atoms with Gasteiger partial charge in [0.2, 0.25) is 6.79 Å². The molecule has 0 fully saturated rings. The van der Waals surface area contributed by atoms with Gasteiger partial charge in [0, 0.05) is 10.9 Å². The van der Waals surface area contributed by atoms with E-state index in [1.165, 1.54) is 0 Å². The third-order valence-corrected chi connectivity index (χ3v) is 3.64. The van der Waals surface area contributed by atoms with E-state index in [-0.39, 0.29) is 12.4 Å². The Bertz CT molecular complexity index is 933. The number of nitrogens with one attached hydrogen (secondary N) is 1. The lowest BCUT2D eigenvalue weighted by molar-refractivity contribution is 0.174. The molecule has 0 unspecified atom stereocenters. The quantitative estimate of drug-likeness (QED) is 0.785. The normalized spacial score (nSPS) is 12.6. The lowest BCUT2D eigenvalue weighted by atomic mass is 10.0. The number of aromatic nitrogens is 2. The van der Waals surface area contributed by atoms with Crippen LogP contribution >= 0.6 is 0 Å². The first-order valence-corrected chi connectivity index (χ1v) is 6.73. The van der Waals surface area contributed by atoms with Crippen LogP contribution in [0.1, 0.15) is 0 Å². The van der Waals surface area contributed by atoms with Crippen LogP contribution in [0.2, 0.25) is 0 Å². The van der Waals surface area contributed by atoms with Gasteiger partial charge in [0.05, 0.1) is 18.2 Å². The minimum atomic E-state index is -0.251. The molecule has 1 aliphatic rings. The number of nitrogens with zero attached hydrogens (tertiary/aromatic N) is 1. The van der Waals surface area contributed by atoms with Crippen LogP contribution in [0.3, 0.4) is 0 Å². The summed E-state index contributed by atoms with van der Waals surface area (Å²) in [5, 5.41) is 7.99. The largest absolute Gasteiger partial charge is 0.497 e. The number of fused-ring (bicyclic) bond motifs is 2. The predicted molar refractivity (Wildman–Crippen MR) is 80.5 cm³/mol. The highest BCUT2D eigenvalue weighted by Crippen LogP contribution is 2.36. The van der Waals surface area contributed by atoms with Crippen LogP contribution in [-0.4, -0.2) is 24.1 Å². The van der Waals surface area contributed by atoms with Crippen molar-refractivity contribution >= 4 is 10.8 Å². The summed E-state index contributed by atoms with van der Waals surface area (Å²) in [5.74, 6) is 2.01. The highest BCUT2D eigenvalue weighted by molar-refractivity contribution is 5.94. The Kier molecular flexibility index (Phi) is 2.75. The van der Waals surface area contributed by atoms with Gasteiger partial charge in [-0.3, -0.25) is 4.79 Å². The highest BCUT2D eigenvalue weighted by Gasteiger charge is 2.16. The number of rotatable bonds is 2. The van der Waals surface area contributed by atoms with Crippen molar-refractivity contribution < 1.29 is 14.2 Å². The third kappa shape index (κ3) is 1.88. The molecule has 1 aromatic heterocycles. The van der Waals surface area contributed by atoms with Crippen LogP contribution in [0, 0.1) is 0 Å². The molecule has 3 aromatic rings. The van der Waals surface area contributed by atoms with Crippen LogP contribution in [0.15, 0.2) is 41.2 Å². The molecule has 0 spiro atoms. The number of aromatic amines is 1. The van der Waals surface area contributed by atoms with Gasteiger partial charge in [-0.25, -0.2) is 5.10 Å².